The summed E-state index contributed by atoms with van der Waals surface area (Å²) in [5.74, 6) is -0.290. The first kappa shape index (κ1) is 18.7. The van der Waals surface area contributed by atoms with Gasteiger partial charge in [0.2, 0.25) is 10.0 Å². The van der Waals surface area contributed by atoms with Crippen LogP contribution in [0, 0.1) is 0 Å². The molecule has 7 heteroatoms. The number of sulfonamides is 1. The summed E-state index contributed by atoms with van der Waals surface area (Å²) >= 11 is 1.20. The van der Waals surface area contributed by atoms with E-state index in [-0.39, 0.29) is 16.8 Å². The standard InChI is InChI=1S/C20H24N2O3S2/c23-20(21-17-10-6-8-15-7-2-3-9-16(15)17)19-18(11-14-26-19)27(24,25)22-12-4-1-5-13-22/h2-3,7,9,11,14,17H,1,4-6,8,10,12-13H2,(H,21,23)/t17-/m0/s1. The van der Waals surface area contributed by atoms with Crippen molar-refractivity contribution in [2.75, 3.05) is 13.1 Å². The molecule has 0 bridgehead atoms. The van der Waals surface area contributed by atoms with Gasteiger partial charge in [0.05, 0.1) is 6.04 Å². The highest BCUT2D eigenvalue weighted by Gasteiger charge is 2.32. The Labute approximate surface area is 164 Å². The number of nitrogens with zero attached hydrogens (tertiary/aromatic N) is 1. The molecule has 1 aromatic carbocycles. The molecule has 1 aliphatic heterocycles. The lowest BCUT2D eigenvalue weighted by Crippen LogP contribution is -2.37. The molecule has 0 saturated carbocycles. The summed E-state index contributed by atoms with van der Waals surface area (Å²) in [6.07, 6.45) is 5.74. The highest BCUT2D eigenvalue weighted by atomic mass is 32.2. The smallest absolute Gasteiger partial charge is 0.263 e. The fourth-order valence-electron chi connectivity index (χ4n) is 4.04. The Hall–Kier alpha value is -1.70. The van der Waals surface area contributed by atoms with Crippen molar-refractivity contribution in [1.29, 1.82) is 0 Å². The fourth-order valence-corrected chi connectivity index (χ4v) is 6.86. The van der Waals surface area contributed by atoms with Crippen LogP contribution in [0.4, 0.5) is 0 Å². The van der Waals surface area contributed by atoms with Crippen molar-refractivity contribution in [3.63, 3.8) is 0 Å². The number of hydrogen-bond donors (Lipinski definition) is 1. The van der Waals surface area contributed by atoms with E-state index in [9.17, 15) is 13.2 Å². The van der Waals surface area contributed by atoms with E-state index in [1.54, 1.807) is 11.4 Å². The molecule has 0 unspecified atom stereocenters. The molecule has 1 aliphatic carbocycles. The van der Waals surface area contributed by atoms with Crippen LogP contribution < -0.4 is 5.32 Å². The van der Waals surface area contributed by atoms with Crippen molar-refractivity contribution in [2.45, 2.75) is 49.5 Å². The summed E-state index contributed by atoms with van der Waals surface area (Å²) in [6, 6.07) is 9.67. The summed E-state index contributed by atoms with van der Waals surface area (Å²) in [6.45, 7) is 1.07. The maximum absolute atomic E-state index is 13.0. The van der Waals surface area contributed by atoms with E-state index >= 15 is 0 Å². The lowest BCUT2D eigenvalue weighted by atomic mass is 9.88. The van der Waals surface area contributed by atoms with Crippen LogP contribution in [0.15, 0.2) is 40.6 Å². The van der Waals surface area contributed by atoms with Gasteiger partial charge < -0.3 is 5.32 Å². The van der Waals surface area contributed by atoms with E-state index in [2.05, 4.69) is 17.4 Å². The third-order valence-electron chi connectivity index (χ3n) is 5.44. The van der Waals surface area contributed by atoms with Crippen LogP contribution >= 0.6 is 11.3 Å². The third-order valence-corrected chi connectivity index (χ3v) is 8.43. The number of aryl methyl sites for hydroxylation is 1. The molecular formula is C20H24N2O3S2. The summed E-state index contributed by atoms with van der Waals surface area (Å²) in [7, 11) is -3.61. The zero-order valence-electron chi connectivity index (χ0n) is 15.2. The monoisotopic (exact) mass is 404 g/mol. The molecule has 1 fully saturated rings. The van der Waals surface area contributed by atoms with Gasteiger partial charge in [-0.2, -0.15) is 4.31 Å². The van der Waals surface area contributed by atoms with Crippen molar-refractivity contribution in [3.8, 4) is 0 Å². The second-order valence-electron chi connectivity index (χ2n) is 7.20. The number of nitrogens with one attached hydrogen (secondary N) is 1. The number of thiophene rings is 1. The molecule has 1 amide bonds. The number of hydrogen-bond acceptors (Lipinski definition) is 4. The number of amides is 1. The van der Waals surface area contributed by atoms with Crippen LogP contribution in [0.5, 0.6) is 0 Å². The van der Waals surface area contributed by atoms with Crippen LogP contribution in [-0.4, -0.2) is 31.7 Å². The van der Waals surface area contributed by atoms with Crippen LogP contribution in [0.1, 0.15) is 58.9 Å². The summed E-state index contributed by atoms with van der Waals surface area (Å²) in [5, 5.41) is 4.78. The Morgan fingerprint density at radius 3 is 2.67 bits per heavy atom. The largest absolute Gasteiger partial charge is 0.344 e. The van der Waals surface area contributed by atoms with E-state index in [4.69, 9.17) is 0 Å². The normalized spacial score (nSPS) is 20.8. The first-order chi connectivity index (χ1) is 13.1. The second kappa shape index (κ2) is 7.73. The zero-order valence-corrected chi connectivity index (χ0v) is 16.8. The molecule has 0 radical (unpaired) electrons. The number of fused-ring (bicyclic) bond motifs is 1. The topological polar surface area (TPSA) is 66.5 Å². The van der Waals surface area contributed by atoms with Crippen LogP contribution in [0.2, 0.25) is 0 Å². The molecule has 4 rings (SSSR count). The van der Waals surface area contributed by atoms with Gasteiger partial charge in [-0.1, -0.05) is 30.7 Å². The Morgan fingerprint density at radius 2 is 1.85 bits per heavy atom. The maximum Gasteiger partial charge on any atom is 0.263 e. The fraction of sp³-hybridized carbons (Fsp3) is 0.450. The first-order valence-corrected chi connectivity index (χ1v) is 11.9. The molecule has 2 aliphatic rings. The molecule has 1 atom stereocenters. The van der Waals surface area contributed by atoms with Crippen molar-refractivity contribution >= 4 is 27.3 Å². The predicted molar refractivity (Wildman–Crippen MR) is 107 cm³/mol. The second-order valence-corrected chi connectivity index (χ2v) is 10.0. The number of carbonyl (C=O) groups excluding carboxylic acids is 1. The minimum absolute atomic E-state index is 0.0601. The molecular weight excluding hydrogens is 380 g/mol. The highest BCUT2D eigenvalue weighted by molar-refractivity contribution is 7.89. The van der Waals surface area contributed by atoms with Crippen LogP contribution in [0.3, 0.4) is 0 Å². The summed E-state index contributed by atoms with van der Waals surface area (Å²) in [5.41, 5.74) is 2.41. The van der Waals surface area contributed by atoms with Gasteiger partial charge in [-0.05, 0) is 54.7 Å². The third kappa shape index (κ3) is 3.68. The van der Waals surface area contributed by atoms with E-state index in [0.29, 0.717) is 18.0 Å². The van der Waals surface area contributed by atoms with Gasteiger partial charge in [0.15, 0.2) is 0 Å². The van der Waals surface area contributed by atoms with E-state index in [1.165, 1.54) is 21.2 Å². The molecule has 0 spiro atoms. The van der Waals surface area contributed by atoms with Gasteiger partial charge in [-0.15, -0.1) is 11.3 Å². The zero-order chi connectivity index (χ0) is 18.9. The Balaban J connectivity index is 1.57. The van der Waals surface area contributed by atoms with Gasteiger partial charge >= 0.3 is 0 Å². The molecule has 1 N–H and O–H groups in total. The number of benzene rings is 1. The Kier molecular flexibility index (Phi) is 5.34. The Bertz CT molecular complexity index is 930. The van der Waals surface area contributed by atoms with Gasteiger partial charge in [0, 0.05) is 13.1 Å². The van der Waals surface area contributed by atoms with Crippen molar-refractivity contribution < 1.29 is 13.2 Å². The van der Waals surface area contributed by atoms with E-state index < -0.39 is 10.0 Å². The van der Waals surface area contributed by atoms with Crippen LogP contribution in [-0.2, 0) is 16.4 Å². The minimum Gasteiger partial charge on any atom is -0.344 e. The van der Waals surface area contributed by atoms with Gasteiger partial charge in [0.25, 0.3) is 5.91 Å². The van der Waals surface area contributed by atoms with Gasteiger partial charge in [-0.3, -0.25) is 4.79 Å². The quantitative estimate of drug-likeness (QED) is 0.844. The van der Waals surface area contributed by atoms with Gasteiger partial charge in [-0.25, -0.2) is 8.42 Å². The van der Waals surface area contributed by atoms with Crippen LogP contribution in [0.25, 0.3) is 0 Å². The first-order valence-electron chi connectivity index (χ1n) is 9.53. The molecule has 1 aromatic heterocycles. The van der Waals surface area contributed by atoms with Crippen molar-refractivity contribution in [1.82, 2.24) is 9.62 Å². The predicted octanol–water partition coefficient (Wildman–Crippen LogP) is 3.73. The van der Waals surface area contributed by atoms with E-state index in [0.717, 1.165) is 44.1 Å². The molecule has 5 nitrogen and oxygen atoms in total. The lowest BCUT2D eigenvalue weighted by Gasteiger charge is -2.27. The number of piperidine rings is 1. The van der Waals surface area contributed by atoms with Crippen molar-refractivity contribution in [3.05, 3.63) is 51.7 Å². The summed E-state index contributed by atoms with van der Waals surface area (Å²) in [4.78, 5) is 13.4. The average Bonchev–Trinajstić information content (AvgIpc) is 3.20. The lowest BCUT2D eigenvalue weighted by molar-refractivity contribution is 0.0933. The molecule has 2 aromatic rings. The minimum atomic E-state index is -3.61. The highest BCUT2D eigenvalue weighted by Crippen LogP contribution is 2.32. The molecule has 144 valence electrons. The average molecular weight is 405 g/mol. The number of carbonyl (C=O) groups is 1. The molecule has 27 heavy (non-hydrogen) atoms. The number of rotatable bonds is 4. The maximum atomic E-state index is 13.0. The SMILES string of the molecule is O=C(N[C@H]1CCCc2ccccc21)c1sccc1S(=O)(=O)N1CCCCC1. The van der Waals surface area contributed by atoms with Crippen molar-refractivity contribution in [2.24, 2.45) is 0 Å². The van der Waals surface area contributed by atoms with E-state index in [1.807, 2.05) is 12.1 Å². The molecule has 1 saturated heterocycles. The molecule has 2 heterocycles. The Morgan fingerprint density at radius 1 is 1.07 bits per heavy atom. The summed E-state index contributed by atoms with van der Waals surface area (Å²) < 4.78 is 27.6. The van der Waals surface area contributed by atoms with Gasteiger partial charge in [0.1, 0.15) is 9.77 Å².